The van der Waals surface area contributed by atoms with Crippen molar-refractivity contribution in [1.29, 1.82) is 0 Å². The van der Waals surface area contributed by atoms with Crippen LogP contribution < -0.4 is 0 Å². The molecule has 0 aliphatic rings. The Morgan fingerprint density at radius 1 is 0.778 bits per heavy atom. The topological polar surface area (TPSA) is 26.0 Å². The number of benzene rings is 3. The van der Waals surface area contributed by atoms with E-state index in [1.165, 1.54) is 10.8 Å². The van der Waals surface area contributed by atoms with Crippen LogP contribution >= 0.6 is 0 Å². The van der Waals surface area contributed by atoms with E-state index in [-0.39, 0.29) is 0 Å². The number of rotatable bonds is 0. The van der Waals surface area contributed by atoms with Crippen LogP contribution in [0.3, 0.4) is 0 Å². The van der Waals surface area contributed by atoms with E-state index in [0.29, 0.717) is 5.89 Å². The Kier molecular flexibility index (Phi) is 1.78. The standard InChI is InChI=1S/C16H11NO/c1-10-17-15-13-8-4-2-6-11(13)12-7-3-5-9-14(12)16(15)18-10/h2-9H,1H3. The maximum atomic E-state index is 5.78. The number of nitrogens with zero attached hydrogens (tertiary/aromatic N) is 1. The maximum Gasteiger partial charge on any atom is 0.192 e. The highest BCUT2D eigenvalue weighted by molar-refractivity contribution is 6.22. The van der Waals surface area contributed by atoms with E-state index < -0.39 is 0 Å². The van der Waals surface area contributed by atoms with Crippen molar-refractivity contribution in [1.82, 2.24) is 4.98 Å². The van der Waals surface area contributed by atoms with Crippen molar-refractivity contribution in [3.05, 3.63) is 54.4 Å². The summed E-state index contributed by atoms with van der Waals surface area (Å²) in [6.07, 6.45) is 0. The van der Waals surface area contributed by atoms with Crippen molar-refractivity contribution in [3.63, 3.8) is 0 Å². The van der Waals surface area contributed by atoms with Crippen molar-refractivity contribution in [2.75, 3.05) is 0 Å². The largest absolute Gasteiger partial charge is 0.440 e. The molecule has 0 amide bonds. The first kappa shape index (κ1) is 9.66. The zero-order valence-electron chi connectivity index (χ0n) is 9.97. The van der Waals surface area contributed by atoms with Gasteiger partial charge in [-0.1, -0.05) is 48.5 Å². The molecule has 18 heavy (non-hydrogen) atoms. The van der Waals surface area contributed by atoms with Gasteiger partial charge in [-0.15, -0.1) is 0 Å². The average Bonchev–Trinajstić information content (AvgIpc) is 2.81. The van der Waals surface area contributed by atoms with Crippen LogP contribution in [0.2, 0.25) is 0 Å². The van der Waals surface area contributed by atoms with E-state index in [0.717, 1.165) is 21.9 Å². The van der Waals surface area contributed by atoms with Gasteiger partial charge in [0.2, 0.25) is 0 Å². The fraction of sp³-hybridized carbons (Fsp3) is 0.0625. The van der Waals surface area contributed by atoms with E-state index in [9.17, 15) is 0 Å². The van der Waals surface area contributed by atoms with E-state index in [2.05, 4.69) is 41.4 Å². The molecule has 0 saturated heterocycles. The first-order chi connectivity index (χ1) is 8.84. The third kappa shape index (κ3) is 1.15. The molecule has 0 aliphatic carbocycles. The number of aromatic nitrogens is 1. The molecular weight excluding hydrogens is 222 g/mol. The minimum atomic E-state index is 0.714. The van der Waals surface area contributed by atoms with Gasteiger partial charge in [-0.2, -0.15) is 0 Å². The lowest BCUT2D eigenvalue weighted by molar-refractivity contribution is 0.563. The minimum absolute atomic E-state index is 0.714. The van der Waals surface area contributed by atoms with Gasteiger partial charge in [-0.3, -0.25) is 0 Å². The van der Waals surface area contributed by atoms with Crippen LogP contribution in [0, 0.1) is 6.92 Å². The van der Waals surface area contributed by atoms with Gasteiger partial charge in [0.25, 0.3) is 0 Å². The van der Waals surface area contributed by atoms with Crippen LogP contribution in [0.5, 0.6) is 0 Å². The summed E-state index contributed by atoms with van der Waals surface area (Å²) in [4.78, 5) is 4.52. The van der Waals surface area contributed by atoms with Gasteiger partial charge in [-0.05, 0) is 10.8 Å². The maximum absolute atomic E-state index is 5.78. The molecule has 1 aromatic heterocycles. The summed E-state index contributed by atoms with van der Waals surface area (Å²) in [5.74, 6) is 0.714. The molecule has 86 valence electrons. The molecule has 0 spiro atoms. The van der Waals surface area contributed by atoms with Crippen molar-refractivity contribution < 1.29 is 4.42 Å². The van der Waals surface area contributed by atoms with Crippen molar-refractivity contribution >= 4 is 32.6 Å². The second-order valence-electron chi connectivity index (χ2n) is 4.50. The number of hydrogen-bond acceptors (Lipinski definition) is 2. The Labute approximate surface area is 104 Å². The Balaban J connectivity index is 2.45. The molecule has 0 aliphatic heterocycles. The summed E-state index contributed by atoms with van der Waals surface area (Å²) >= 11 is 0. The monoisotopic (exact) mass is 233 g/mol. The third-order valence-corrected chi connectivity index (χ3v) is 3.38. The zero-order chi connectivity index (χ0) is 12.1. The van der Waals surface area contributed by atoms with Crippen molar-refractivity contribution in [3.8, 4) is 0 Å². The van der Waals surface area contributed by atoms with Gasteiger partial charge in [0, 0.05) is 17.7 Å². The SMILES string of the molecule is Cc1nc2c3ccccc3c3ccccc3c2o1. The number of oxazole rings is 1. The van der Waals surface area contributed by atoms with Gasteiger partial charge in [-0.25, -0.2) is 4.98 Å². The Bertz CT molecular complexity index is 817. The number of hydrogen-bond donors (Lipinski definition) is 0. The zero-order valence-corrected chi connectivity index (χ0v) is 9.97. The molecule has 0 fully saturated rings. The number of fused-ring (bicyclic) bond motifs is 6. The first-order valence-corrected chi connectivity index (χ1v) is 6.01. The summed E-state index contributed by atoms with van der Waals surface area (Å²) in [7, 11) is 0. The normalized spacial score (nSPS) is 11.6. The minimum Gasteiger partial charge on any atom is -0.440 e. The van der Waals surface area contributed by atoms with E-state index in [1.807, 2.05) is 19.1 Å². The lowest BCUT2D eigenvalue weighted by Crippen LogP contribution is -1.80. The summed E-state index contributed by atoms with van der Waals surface area (Å²) in [6, 6.07) is 16.7. The van der Waals surface area contributed by atoms with Crippen LogP contribution in [0.25, 0.3) is 32.6 Å². The van der Waals surface area contributed by atoms with Gasteiger partial charge >= 0.3 is 0 Å². The highest BCUT2D eigenvalue weighted by Crippen LogP contribution is 2.34. The quantitative estimate of drug-likeness (QED) is 0.419. The lowest BCUT2D eigenvalue weighted by atomic mass is 10.0. The molecule has 3 aromatic carbocycles. The molecular formula is C16H11NO. The Morgan fingerprint density at radius 2 is 1.33 bits per heavy atom. The molecule has 4 aromatic rings. The molecule has 0 radical (unpaired) electrons. The smallest absolute Gasteiger partial charge is 0.192 e. The molecule has 0 saturated carbocycles. The van der Waals surface area contributed by atoms with Crippen LogP contribution in [-0.2, 0) is 0 Å². The highest BCUT2D eigenvalue weighted by Gasteiger charge is 2.12. The van der Waals surface area contributed by atoms with Gasteiger partial charge in [0.05, 0.1) is 0 Å². The van der Waals surface area contributed by atoms with E-state index >= 15 is 0 Å². The van der Waals surface area contributed by atoms with Gasteiger partial charge < -0.3 is 4.42 Å². The molecule has 0 atom stereocenters. The predicted molar refractivity (Wildman–Crippen MR) is 73.8 cm³/mol. The summed E-state index contributed by atoms with van der Waals surface area (Å²) < 4.78 is 5.78. The summed E-state index contributed by atoms with van der Waals surface area (Å²) in [5, 5.41) is 4.74. The molecule has 0 N–H and O–H groups in total. The number of aryl methyl sites for hydroxylation is 1. The highest BCUT2D eigenvalue weighted by atomic mass is 16.3. The van der Waals surface area contributed by atoms with Crippen LogP contribution in [0.4, 0.5) is 0 Å². The molecule has 1 heterocycles. The second kappa shape index (κ2) is 3.33. The molecule has 0 unspecified atom stereocenters. The van der Waals surface area contributed by atoms with E-state index in [1.54, 1.807) is 0 Å². The molecule has 4 rings (SSSR count). The first-order valence-electron chi connectivity index (χ1n) is 6.01. The third-order valence-electron chi connectivity index (χ3n) is 3.38. The second-order valence-corrected chi connectivity index (χ2v) is 4.50. The molecule has 0 bridgehead atoms. The van der Waals surface area contributed by atoms with Crippen LogP contribution in [-0.4, -0.2) is 4.98 Å². The van der Waals surface area contributed by atoms with Crippen LogP contribution in [0.15, 0.2) is 52.9 Å². The van der Waals surface area contributed by atoms with Crippen molar-refractivity contribution in [2.24, 2.45) is 0 Å². The predicted octanol–water partition coefficient (Wildman–Crippen LogP) is 4.44. The average molecular weight is 233 g/mol. The Hall–Kier alpha value is -2.35. The molecule has 2 heteroatoms. The van der Waals surface area contributed by atoms with Crippen molar-refractivity contribution in [2.45, 2.75) is 6.92 Å². The Morgan fingerprint density at radius 3 is 2.06 bits per heavy atom. The fourth-order valence-electron chi connectivity index (χ4n) is 2.63. The van der Waals surface area contributed by atoms with Gasteiger partial charge in [0.15, 0.2) is 11.5 Å². The summed E-state index contributed by atoms with van der Waals surface area (Å²) in [6.45, 7) is 1.89. The van der Waals surface area contributed by atoms with Gasteiger partial charge in [0.1, 0.15) is 5.52 Å². The van der Waals surface area contributed by atoms with Crippen LogP contribution in [0.1, 0.15) is 5.89 Å². The summed E-state index contributed by atoms with van der Waals surface area (Å²) in [5.41, 5.74) is 1.85. The van der Waals surface area contributed by atoms with E-state index in [4.69, 9.17) is 4.42 Å². The fourth-order valence-corrected chi connectivity index (χ4v) is 2.63. The lowest BCUT2D eigenvalue weighted by Gasteiger charge is -2.04. The molecule has 2 nitrogen and oxygen atoms in total.